The summed E-state index contributed by atoms with van der Waals surface area (Å²) in [6.45, 7) is 1.90. The van der Waals surface area contributed by atoms with Crippen LogP contribution >= 0.6 is 0 Å². The molecule has 3 heteroatoms. The highest BCUT2D eigenvalue weighted by molar-refractivity contribution is 6.00. The van der Waals surface area contributed by atoms with Gasteiger partial charge < -0.3 is 9.84 Å². The Morgan fingerprint density at radius 2 is 1.89 bits per heavy atom. The van der Waals surface area contributed by atoms with Crippen molar-refractivity contribution < 1.29 is 14.6 Å². The molecule has 1 N–H and O–H groups in total. The lowest BCUT2D eigenvalue weighted by atomic mass is 9.86. The molecule has 1 atom stereocenters. The standard InChI is InChI=1S/C16H14O3/c1-16(11-5-3-2-4-6-11)10-14(18)13-8-7-12(17)9-15(13)19-16/h2-9,17H,10H2,1H3. The normalized spacial score (nSPS) is 21.6. The summed E-state index contributed by atoms with van der Waals surface area (Å²) in [5.41, 5.74) is 0.808. The molecule has 1 aliphatic rings. The van der Waals surface area contributed by atoms with Crippen molar-refractivity contribution >= 4 is 5.78 Å². The van der Waals surface area contributed by atoms with E-state index in [9.17, 15) is 9.90 Å². The van der Waals surface area contributed by atoms with Gasteiger partial charge in [0.2, 0.25) is 0 Å². The van der Waals surface area contributed by atoms with Gasteiger partial charge in [-0.1, -0.05) is 30.3 Å². The van der Waals surface area contributed by atoms with Crippen LogP contribution in [0, 0.1) is 0 Å². The second kappa shape index (κ2) is 4.12. The molecular weight excluding hydrogens is 240 g/mol. The summed E-state index contributed by atoms with van der Waals surface area (Å²) >= 11 is 0. The molecule has 0 saturated carbocycles. The number of aromatic hydroxyl groups is 1. The molecule has 3 rings (SSSR count). The van der Waals surface area contributed by atoms with Gasteiger partial charge in [0.05, 0.1) is 12.0 Å². The second-order valence-electron chi connectivity index (χ2n) is 4.98. The molecular formula is C16H14O3. The summed E-state index contributed by atoms with van der Waals surface area (Å²) in [6, 6.07) is 14.3. The Balaban J connectivity index is 2.07. The molecule has 1 unspecified atom stereocenters. The largest absolute Gasteiger partial charge is 0.508 e. The number of Topliss-reactive ketones (excluding diaryl/α,β-unsaturated/α-hetero) is 1. The van der Waals surface area contributed by atoms with E-state index in [0.717, 1.165) is 5.56 Å². The maximum Gasteiger partial charge on any atom is 0.170 e. The topological polar surface area (TPSA) is 46.5 Å². The van der Waals surface area contributed by atoms with E-state index in [2.05, 4.69) is 0 Å². The highest BCUT2D eigenvalue weighted by Gasteiger charge is 2.37. The van der Waals surface area contributed by atoms with Crippen molar-refractivity contribution in [1.82, 2.24) is 0 Å². The fourth-order valence-electron chi connectivity index (χ4n) is 2.46. The van der Waals surface area contributed by atoms with Gasteiger partial charge in [-0.3, -0.25) is 4.79 Å². The Bertz CT molecular complexity index is 634. The minimum absolute atomic E-state index is 0.0348. The van der Waals surface area contributed by atoms with E-state index in [4.69, 9.17) is 4.74 Å². The number of hydrogen-bond acceptors (Lipinski definition) is 3. The zero-order chi connectivity index (χ0) is 13.5. The molecule has 0 fully saturated rings. The van der Waals surface area contributed by atoms with Crippen LogP contribution in [-0.4, -0.2) is 10.9 Å². The molecule has 0 bridgehead atoms. The molecule has 3 nitrogen and oxygen atoms in total. The number of hydrogen-bond donors (Lipinski definition) is 1. The molecule has 0 spiro atoms. The van der Waals surface area contributed by atoms with Crippen LogP contribution in [0.25, 0.3) is 0 Å². The van der Waals surface area contributed by atoms with Crippen LogP contribution in [0.5, 0.6) is 11.5 Å². The predicted molar refractivity (Wildman–Crippen MR) is 71.5 cm³/mol. The third-order valence-corrected chi connectivity index (χ3v) is 3.48. The summed E-state index contributed by atoms with van der Waals surface area (Å²) in [7, 11) is 0. The third kappa shape index (κ3) is 1.97. The molecule has 0 radical (unpaired) electrons. The number of phenols is 1. The number of ketones is 1. The van der Waals surface area contributed by atoms with Crippen molar-refractivity contribution in [3.8, 4) is 11.5 Å². The van der Waals surface area contributed by atoms with Crippen molar-refractivity contribution in [2.24, 2.45) is 0 Å². The Hall–Kier alpha value is -2.29. The van der Waals surface area contributed by atoms with Crippen LogP contribution in [0.15, 0.2) is 48.5 Å². The van der Waals surface area contributed by atoms with Gasteiger partial charge in [0, 0.05) is 6.07 Å². The monoisotopic (exact) mass is 254 g/mol. The van der Waals surface area contributed by atoms with E-state index in [1.54, 1.807) is 6.07 Å². The Morgan fingerprint density at radius 3 is 2.63 bits per heavy atom. The maximum atomic E-state index is 12.2. The van der Waals surface area contributed by atoms with Crippen LogP contribution in [-0.2, 0) is 5.60 Å². The highest BCUT2D eigenvalue weighted by atomic mass is 16.5. The van der Waals surface area contributed by atoms with Crippen molar-refractivity contribution in [3.63, 3.8) is 0 Å². The van der Waals surface area contributed by atoms with Crippen molar-refractivity contribution in [1.29, 1.82) is 0 Å². The van der Waals surface area contributed by atoms with E-state index in [1.807, 2.05) is 37.3 Å². The molecule has 19 heavy (non-hydrogen) atoms. The van der Waals surface area contributed by atoms with Gasteiger partial charge >= 0.3 is 0 Å². The van der Waals surface area contributed by atoms with E-state index in [1.165, 1.54) is 12.1 Å². The lowest BCUT2D eigenvalue weighted by Gasteiger charge is -2.35. The number of rotatable bonds is 1. The maximum absolute atomic E-state index is 12.2. The van der Waals surface area contributed by atoms with Gasteiger partial charge in [0.15, 0.2) is 5.78 Å². The molecule has 0 saturated heterocycles. The van der Waals surface area contributed by atoms with Gasteiger partial charge in [-0.25, -0.2) is 0 Å². The Labute approximate surface area is 111 Å². The molecule has 96 valence electrons. The molecule has 2 aromatic rings. The summed E-state index contributed by atoms with van der Waals surface area (Å²) in [6.07, 6.45) is 0.300. The highest BCUT2D eigenvalue weighted by Crippen LogP contribution is 2.40. The van der Waals surface area contributed by atoms with Gasteiger partial charge in [0.25, 0.3) is 0 Å². The van der Waals surface area contributed by atoms with Gasteiger partial charge in [-0.2, -0.15) is 0 Å². The van der Waals surface area contributed by atoms with Crippen molar-refractivity contribution in [3.05, 3.63) is 59.7 Å². The van der Waals surface area contributed by atoms with Crippen molar-refractivity contribution in [2.45, 2.75) is 18.9 Å². The average molecular weight is 254 g/mol. The summed E-state index contributed by atoms with van der Waals surface area (Å²) in [5, 5.41) is 9.52. The fraction of sp³-hybridized carbons (Fsp3) is 0.188. The van der Waals surface area contributed by atoms with Crippen LogP contribution in [0.1, 0.15) is 29.3 Å². The molecule has 0 aliphatic carbocycles. The smallest absolute Gasteiger partial charge is 0.170 e. The SMILES string of the molecule is CC1(c2ccccc2)CC(=O)c2ccc(O)cc2O1. The zero-order valence-electron chi connectivity index (χ0n) is 10.6. The lowest BCUT2D eigenvalue weighted by Crippen LogP contribution is -2.36. The molecule has 0 aromatic heterocycles. The summed E-state index contributed by atoms with van der Waals surface area (Å²) < 4.78 is 5.98. The van der Waals surface area contributed by atoms with Crippen LogP contribution in [0.2, 0.25) is 0 Å². The summed E-state index contributed by atoms with van der Waals surface area (Å²) in [5.74, 6) is 0.582. The zero-order valence-corrected chi connectivity index (χ0v) is 10.6. The molecule has 2 aromatic carbocycles. The Morgan fingerprint density at radius 1 is 1.16 bits per heavy atom. The molecule has 1 aliphatic heterocycles. The minimum Gasteiger partial charge on any atom is -0.508 e. The van der Waals surface area contributed by atoms with Crippen LogP contribution in [0.3, 0.4) is 0 Å². The fourth-order valence-corrected chi connectivity index (χ4v) is 2.46. The third-order valence-electron chi connectivity index (χ3n) is 3.48. The van der Waals surface area contributed by atoms with E-state index >= 15 is 0 Å². The van der Waals surface area contributed by atoms with E-state index < -0.39 is 5.60 Å². The van der Waals surface area contributed by atoms with Gasteiger partial charge in [-0.05, 0) is 24.6 Å². The average Bonchev–Trinajstić information content (AvgIpc) is 2.39. The number of carbonyl (C=O) groups excluding carboxylic acids is 1. The first-order chi connectivity index (χ1) is 9.08. The van der Waals surface area contributed by atoms with Gasteiger partial charge in [0.1, 0.15) is 17.1 Å². The Kier molecular flexibility index (Phi) is 2.56. The molecule has 1 heterocycles. The quantitative estimate of drug-likeness (QED) is 0.849. The lowest BCUT2D eigenvalue weighted by molar-refractivity contribution is 0.0502. The summed E-state index contributed by atoms with van der Waals surface area (Å²) in [4.78, 5) is 12.2. The number of fused-ring (bicyclic) bond motifs is 1. The second-order valence-corrected chi connectivity index (χ2v) is 4.98. The minimum atomic E-state index is -0.681. The number of phenolic OH excluding ortho intramolecular Hbond substituents is 1. The first kappa shape index (κ1) is 11.8. The first-order valence-electron chi connectivity index (χ1n) is 6.19. The van der Waals surface area contributed by atoms with E-state index in [-0.39, 0.29) is 11.5 Å². The molecule has 0 amide bonds. The number of ether oxygens (including phenoxy) is 1. The van der Waals surface area contributed by atoms with Crippen molar-refractivity contribution in [2.75, 3.05) is 0 Å². The van der Waals surface area contributed by atoms with Crippen LogP contribution < -0.4 is 4.74 Å². The number of benzene rings is 2. The predicted octanol–water partition coefficient (Wildman–Crippen LogP) is 3.27. The van der Waals surface area contributed by atoms with Gasteiger partial charge in [-0.15, -0.1) is 0 Å². The van der Waals surface area contributed by atoms with Crippen LogP contribution in [0.4, 0.5) is 0 Å². The van der Waals surface area contributed by atoms with E-state index in [0.29, 0.717) is 17.7 Å². The number of carbonyl (C=O) groups is 1. The first-order valence-corrected chi connectivity index (χ1v) is 6.19.